The molecule has 0 bridgehead atoms. The highest BCUT2D eigenvalue weighted by Gasteiger charge is 2.13. The lowest BCUT2D eigenvalue weighted by Gasteiger charge is -2.09. The fourth-order valence-corrected chi connectivity index (χ4v) is 4.34. The Bertz CT molecular complexity index is 1110. The van der Waals surface area contributed by atoms with Crippen molar-refractivity contribution in [3.05, 3.63) is 89.0 Å². The van der Waals surface area contributed by atoms with Gasteiger partial charge in [0.25, 0.3) is 0 Å². The van der Waals surface area contributed by atoms with E-state index in [9.17, 15) is 13.6 Å². The van der Waals surface area contributed by atoms with Crippen molar-refractivity contribution in [2.75, 3.05) is 0 Å². The molecule has 0 unspecified atom stereocenters. The van der Waals surface area contributed by atoms with Gasteiger partial charge in [-0.2, -0.15) is 0 Å². The van der Waals surface area contributed by atoms with Gasteiger partial charge in [-0.05, 0) is 78.3 Å². The van der Waals surface area contributed by atoms with Crippen molar-refractivity contribution in [2.24, 2.45) is 0 Å². The minimum atomic E-state index is -0.625. The molecule has 0 N–H and O–H groups in total. The molecule has 0 spiro atoms. The molecule has 0 heterocycles. The summed E-state index contributed by atoms with van der Waals surface area (Å²) in [6.45, 7) is 4.33. The number of halogens is 2. The summed E-state index contributed by atoms with van der Waals surface area (Å²) in [6.07, 6.45) is 11.9. The first-order valence-electron chi connectivity index (χ1n) is 13.4. The maximum absolute atomic E-state index is 14.7. The molecule has 2 nitrogen and oxygen atoms in total. The molecule has 3 aromatic carbocycles. The number of carbonyl (C=O) groups is 1. The Hall–Kier alpha value is -3.01. The Labute approximate surface area is 214 Å². The predicted molar refractivity (Wildman–Crippen MR) is 144 cm³/mol. The molecule has 0 aliphatic rings. The van der Waals surface area contributed by atoms with Gasteiger partial charge in [0, 0.05) is 0 Å². The summed E-state index contributed by atoms with van der Waals surface area (Å²) in [4.78, 5) is 12.5. The second-order valence-electron chi connectivity index (χ2n) is 9.51. The van der Waals surface area contributed by atoms with Crippen molar-refractivity contribution in [2.45, 2.75) is 84.5 Å². The quantitative estimate of drug-likeness (QED) is 0.127. The van der Waals surface area contributed by atoms with Gasteiger partial charge in [0.2, 0.25) is 0 Å². The summed E-state index contributed by atoms with van der Waals surface area (Å²) in [5, 5.41) is 0. The number of esters is 1. The average Bonchev–Trinajstić information content (AvgIpc) is 2.88. The molecule has 0 saturated heterocycles. The smallest absolute Gasteiger partial charge is 0.343 e. The number of hydrogen-bond acceptors (Lipinski definition) is 2. The fourth-order valence-electron chi connectivity index (χ4n) is 4.34. The van der Waals surface area contributed by atoms with Crippen molar-refractivity contribution < 1.29 is 18.3 Å². The normalized spacial score (nSPS) is 11.0. The number of ether oxygens (including phenoxy) is 1. The van der Waals surface area contributed by atoms with Crippen LogP contribution in [0.15, 0.2) is 60.7 Å². The van der Waals surface area contributed by atoms with Gasteiger partial charge in [-0.3, -0.25) is 0 Å². The molecule has 0 aliphatic carbocycles. The molecule has 192 valence electrons. The summed E-state index contributed by atoms with van der Waals surface area (Å²) >= 11 is 0. The predicted octanol–water partition coefficient (Wildman–Crippen LogP) is 9.49. The maximum atomic E-state index is 14.7. The second-order valence-corrected chi connectivity index (χ2v) is 9.51. The molecule has 3 rings (SSSR count). The van der Waals surface area contributed by atoms with Gasteiger partial charge in [0.15, 0.2) is 11.6 Å². The first-order valence-corrected chi connectivity index (χ1v) is 13.4. The third-order valence-electron chi connectivity index (χ3n) is 6.57. The first kappa shape index (κ1) is 27.6. The van der Waals surface area contributed by atoms with E-state index in [1.54, 1.807) is 36.4 Å². The zero-order valence-corrected chi connectivity index (χ0v) is 21.6. The van der Waals surface area contributed by atoms with Crippen LogP contribution >= 0.6 is 0 Å². The molecule has 3 aromatic rings. The molecular weight excluding hydrogens is 454 g/mol. The molecule has 0 aromatic heterocycles. The summed E-state index contributed by atoms with van der Waals surface area (Å²) in [7, 11) is 0. The van der Waals surface area contributed by atoms with Crippen molar-refractivity contribution in [1.29, 1.82) is 0 Å². The van der Waals surface area contributed by atoms with E-state index in [4.69, 9.17) is 4.74 Å². The summed E-state index contributed by atoms with van der Waals surface area (Å²) in [5.74, 6) is -1.44. The van der Waals surface area contributed by atoms with E-state index >= 15 is 0 Å². The summed E-state index contributed by atoms with van der Waals surface area (Å²) < 4.78 is 34.4. The number of carbonyl (C=O) groups excluding carboxylic acids is 1. The van der Waals surface area contributed by atoms with Crippen LogP contribution in [-0.2, 0) is 12.8 Å². The Morgan fingerprint density at radius 2 is 1.31 bits per heavy atom. The lowest BCUT2D eigenvalue weighted by Crippen LogP contribution is -2.09. The lowest BCUT2D eigenvalue weighted by atomic mass is 9.99. The summed E-state index contributed by atoms with van der Waals surface area (Å²) in [6, 6.07) is 16.8. The lowest BCUT2D eigenvalue weighted by molar-refractivity contribution is 0.0728. The maximum Gasteiger partial charge on any atom is 0.343 e. The molecule has 0 amide bonds. The number of rotatable bonds is 14. The van der Waals surface area contributed by atoms with E-state index in [-0.39, 0.29) is 11.6 Å². The molecule has 0 aliphatic heterocycles. The van der Waals surface area contributed by atoms with E-state index in [2.05, 4.69) is 13.8 Å². The molecule has 4 heteroatoms. The molecular formula is C32H38F2O2. The highest BCUT2D eigenvalue weighted by atomic mass is 19.1. The van der Waals surface area contributed by atoms with Crippen LogP contribution in [0.2, 0.25) is 0 Å². The van der Waals surface area contributed by atoms with E-state index < -0.39 is 11.8 Å². The fraction of sp³-hybridized carbons (Fsp3) is 0.406. The molecule has 0 atom stereocenters. The monoisotopic (exact) mass is 492 g/mol. The summed E-state index contributed by atoms with van der Waals surface area (Å²) in [5.41, 5.74) is 3.51. The van der Waals surface area contributed by atoms with E-state index in [1.165, 1.54) is 37.8 Å². The van der Waals surface area contributed by atoms with Crippen LogP contribution < -0.4 is 4.74 Å². The largest absolute Gasteiger partial charge is 0.420 e. The SMILES string of the molecule is CCCCCCCCc1ccc(-c2ccc(C(=O)Oc3ccc(CCCCC)cc3F)cc2)cc1F. The first-order chi connectivity index (χ1) is 17.5. The van der Waals surface area contributed by atoms with Gasteiger partial charge in [-0.25, -0.2) is 13.6 Å². The highest BCUT2D eigenvalue weighted by molar-refractivity contribution is 5.91. The van der Waals surface area contributed by atoms with Crippen molar-refractivity contribution >= 4 is 5.97 Å². The van der Waals surface area contributed by atoms with Crippen LogP contribution in [0.3, 0.4) is 0 Å². The van der Waals surface area contributed by atoms with Crippen LogP contribution in [0.25, 0.3) is 11.1 Å². The number of unbranched alkanes of at least 4 members (excludes halogenated alkanes) is 7. The molecule has 0 radical (unpaired) electrons. The van der Waals surface area contributed by atoms with Gasteiger partial charge in [0.1, 0.15) is 5.82 Å². The van der Waals surface area contributed by atoms with Gasteiger partial charge >= 0.3 is 5.97 Å². The third kappa shape index (κ3) is 8.29. The van der Waals surface area contributed by atoms with E-state index in [0.717, 1.165) is 67.2 Å². The highest BCUT2D eigenvalue weighted by Crippen LogP contribution is 2.25. The molecule has 0 fully saturated rings. The second kappa shape index (κ2) is 14.5. The van der Waals surface area contributed by atoms with Crippen molar-refractivity contribution in [3.63, 3.8) is 0 Å². The van der Waals surface area contributed by atoms with Crippen LogP contribution in [0, 0.1) is 11.6 Å². The van der Waals surface area contributed by atoms with E-state index in [0.29, 0.717) is 5.56 Å². The zero-order chi connectivity index (χ0) is 25.8. The zero-order valence-electron chi connectivity index (χ0n) is 21.6. The number of aryl methyl sites for hydroxylation is 2. The van der Waals surface area contributed by atoms with E-state index in [1.807, 2.05) is 12.1 Å². The Kier molecular flexibility index (Phi) is 11.1. The van der Waals surface area contributed by atoms with Crippen LogP contribution in [0.4, 0.5) is 8.78 Å². The van der Waals surface area contributed by atoms with Crippen molar-refractivity contribution in [3.8, 4) is 16.9 Å². The topological polar surface area (TPSA) is 26.3 Å². The van der Waals surface area contributed by atoms with Gasteiger partial charge in [0.05, 0.1) is 5.56 Å². The van der Waals surface area contributed by atoms with Crippen LogP contribution in [-0.4, -0.2) is 5.97 Å². The molecule has 0 saturated carbocycles. The Morgan fingerprint density at radius 1 is 0.667 bits per heavy atom. The van der Waals surface area contributed by atoms with Gasteiger partial charge in [-0.1, -0.05) is 89.1 Å². The van der Waals surface area contributed by atoms with Crippen LogP contribution in [0.5, 0.6) is 5.75 Å². The molecule has 36 heavy (non-hydrogen) atoms. The standard InChI is InChI=1S/C32H38F2O2/c1-3-5-7-8-9-11-13-26-17-20-28(23-29(26)33)25-15-18-27(19-16-25)32(35)36-31-21-14-24(22-30(31)34)12-10-6-4-2/h14-23H,3-13H2,1-2H3. The third-order valence-corrected chi connectivity index (χ3v) is 6.57. The van der Waals surface area contributed by atoms with Crippen molar-refractivity contribution in [1.82, 2.24) is 0 Å². The Balaban J connectivity index is 1.56. The number of benzene rings is 3. The number of hydrogen-bond donors (Lipinski definition) is 0. The average molecular weight is 493 g/mol. The van der Waals surface area contributed by atoms with Gasteiger partial charge in [-0.15, -0.1) is 0 Å². The minimum Gasteiger partial charge on any atom is -0.420 e. The Morgan fingerprint density at radius 3 is 2.00 bits per heavy atom. The minimum absolute atomic E-state index is 0.0775. The van der Waals surface area contributed by atoms with Crippen LogP contribution in [0.1, 0.15) is 93.1 Å². The van der Waals surface area contributed by atoms with Gasteiger partial charge < -0.3 is 4.74 Å².